The highest BCUT2D eigenvalue weighted by atomic mass is 32.2. The molecular formula is C14H25NO5S. The van der Waals surface area contributed by atoms with E-state index >= 15 is 0 Å². The van der Waals surface area contributed by atoms with Gasteiger partial charge in [-0.2, -0.15) is 0 Å². The van der Waals surface area contributed by atoms with Crippen LogP contribution in [-0.4, -0.2) is 42.9 Å². The average Bonchev–Trinajstić information content (AvgIpc) is 2.83. The summed E-state index contributed by atoms with van der Waals surface area (Å²) in [6.07, 6.45) is 3.57. The Labute approximate surface area is 126 Å². The third kappa shape index (κ3) is 4.18. The first kappa shape index (κ1) is 17.9. The summed E-state index contributed by atoms with van der Waals surface area (Å²) in [6.45, 7) is 3.79. The van der Waals surface area contributed by atoms with Crippen LogP contribution in [0.25, 0.3) is 0 Å². The van der Waals surface area contributed by atoms with Crippen molar-refractivity contribution in [2.45, 2.75) is 50.7 Å². The van der Waals surface area contributed by atoms with E-state index in [-0.39, 0.29) is 12.5 Å². The second-order valence-corrected chi connectivity index (χ2v) is 8.67. The number of carbonyl (C=O) groups is 2. The molecule has 7 heteroatoms. The summed E-state index contributed by atoms with van der Waals surface area (Å²) in [5.74, 6) is -2.01. The molecule has 0 aliphatic heterocycles. The summed E-state index contributed by atoms with van der Waals surface area (Å²) in [5, 5.41) is 11.7. The summed E-state index contributed by atoms with van der Waals surface area (Å²) < 4.78 is 22.6. The number of nitrogens with one attached hydrogen (secondary N) is 1. The van der Waals surface area contributed by atoms with E-state index in [1.807, 2.05) is 13.8 Å². The van der Waals surface area contributed by atoms with Gasteiger partial charge in [-0.1, -0.05) is 26.7 Å². The zero-order valence-corrected chi connectivity index (χ0v) is 13.7. The molecular weight excluding hydrogens is 294 g/mol. The molecule has 0 aromatic carbocycles. The lowest BCUT2D eigenvalue weighted by molar-refractivity contribution is -0.142. The maximum Gasteiger partial charge on any atom is 0.308 e. The van der Waals surface area contributed by atoms with Crippen LogP contribution < -0.4 is 5.32 Å². The van der Waals surface area contributed by atoms with Crippen LogP contribution in [-0.2, 0) is 19.4 Å². The number of hydrogen-bond donors (Lipinski definition) is 2. The Morgan fingerprint density at radius 2 is 1.76 bits per heavy atom. The maximum absolute atomic E-state index is 12.3. The first-order valence-electron chi connectivity index (χ1n) is 7.31. The SMILES string of the molecule is CC(C)CC(CNC(=O)C1(S(C)(=O)=O)CCCC1)C(=O)O. The molecule has 0 saturated heterocycles. The normalized spacial score (nSPS) is 19.4. The van der Waals surface area contributed by atoms with Gasteiger partial charge in [0.15, 0.2) is 9.84 Å². The molecule has 122 valence electrons. The Morgan fingerprint density at radius 1 is 1.24 bits per heavy atom. The summed E-state index contributed by atoms with van der Waals surface area (Å²) in [7, 11) is -3.51. The van der Waals surface area contributed by atoms with Crippen LogP contribution in [0.15, 0.2) is 0 Å². The summed E-state index contributed by atoms with van der Waals surface area (Å²) in [4.78, 5) is 23.5. The van der Waals surface area contributed by atoms with Crippen molar-refractivity contribution in [3.63, 3.8) is 0 Å². The molecule has 0 radical (unpaired) electrons. The molecule has 6 nitrogen and oxygen atoms in total. The van der Waals surface area contributed by atoms with Crippen molar-refractivity contribution in [1.82, 2.24) is 5.32 Å². The number of aliphatic carboxylic acids is 1. The van der Waals surface area contributed by atoms with Gasteiger partial charge < -0.3 is 10.4 Å². The topological polar surface area (TPSA) is 101 Å². The van der Waals surface area contributed by atoms with E-state index in [1.54, 1.807) is 0 Å². The van der Waals surface area contributed by atoms with Crippen LogP contribution in [0.2, 0.25) is 0 Å². The third-order valence-corrected chi connectivity index (χ3v) is 6.16. The van der Waals surface area contributed by atoms with Crippen molar-refractivity contribution in [2.75, 3.05) is 12.8 Å². The van der Waals surface area contributed by atoms with Gasteiger partial charge in [-0.25, -0.2) is 8.42 Å². The molecule has 0 bridgehead atoms. The zero-order chi connectivity index (χ0) is 16.3. The monoisotopic (exact) mass is 319 g/mol. The van der Waals surface area contributed by atoms with Gasteiger partial charge in [-0.05, 0) is 25.2 Å². The summed E-state index contributed by atoms with van der Waals surface area (Å²) in [6, 6.07) is 0. The number of carboxylic acid groups (broad SMARTS) is 1. The van der Waals surface area contributed by atoms with Crippen molar-refractivity contribution >= 4 is 21.7 Å². The molecule has 21 heavy (non-hydrogen) atoms. The van der Waals surface area contributed by atoms with Crippen LogP contribution in [0.1, 0.15) is 46.0 Å². The minimum atomic E-state index is -3.51. The van der Waals surface area contributed by atoms with Crippen LogP contribution >= 0.6 is 0 Å². The quantitative estimate of drug-likeness (QED) is 0.734. The molecule has 1 amide bonds. The summed E-state index contributed by atoms with van der Waals surface area (Å²) in [5.41, 5.74) is 0. The van der Waals surface area contributed by atoms with Gasteiger partial charge in [-0.15, -0.1) is 0 Å². The Morgan fingerprint density at radius 3 is 2.14 bits per heavy atom. The molecule has 0 heterocycles. The molecule has 1 atom stereocenters. The first-order chi connectivity index (χ1) is 9.60. The molecule has 1 aliphatic carbocycles. The van der Waals surface area contributed by atoms with Gasteiger partial charge in [0.05, 0.1) is 5.92 Å². The number of carboxylic acids is 1. The van der Waals surface area contributed by atoms with Crippen molar-refractivity contribution in [3.05, 3.63) is 0 Å². The lowest BCUT2D eigenvalue weighted by Crippen LogP contribution is -2.51. The van der Waals surface area contributed by atoms with Crippen molar-refractivity contribution in [2.24, 2.45) is 11.8 Å². The second-order valence-electron chi connectivity index (χ2n) is 6.35. The molecule has 1 unspecified atom stereocenters. The van der Waals surface area contributed by atoms with Crippen LogP contribution in [0, 0.1) is 11.8 Å². The highest BCUT2D eigenvalue weighted by Crippen LogP contribution is 2.36. The first-order valence-corrected chi connectivity index (χ1v) is 9.20. The van der Waals surface area contributed by atoms with Crippen molar-refractivity contribution in [1.29, 1.82) is 0 Å². The molecule has 1 saturated carbocycles. The van der Waals surface area contributed by atoms with Gasteiger partial charge in [0, 0.05) is 12.8 Å². The molecule has 2 N–H and O–H groups in total. The van der Waals surface area contributed by atoms with Gasteiger partial charge in [-0.3, -0.25) is 9.59 Å². The number of sulfone groups is 1. The predicted octanol–water partition coefficient (Wildman–Crippen LogP) is 1.21. The minimum Gasteiger partial charge on any atom is -0.481 e. The highest BCUT2D eigenvalue weighted by molar-refractivity contribution is 7.92. The van der Waals surface area contributed by atoms with Crippen LogP contribution in [0.5, 0.6) is 0 Å². The van der Waals surface area contributed by atoms with Gasteiger partial charge >= 0.3 is 5.97 Å². The van der Waals surface area contributed by atoms with Crippen molar-refractivity contribution < 1.29 is 23.1 Å². The second kappa shape index (κ2) is 6.77. The van der Waals surface area contributed by atoms with Gasteiger partial charge in [0.1, 0.15) is 4.75 Å². The van der Waals surface area contributed by atoms with E-state index in [2.05, 4.69) is 5.32 Å². The van der Waals surface area contributed by atoms with Gasteiger partial charge in [0.2, 0.25) is 5.91 Å². The van der Waals surface area contributed by atoms with E-state index in [0.29, 0.717) is 32.1 Å². The molecule has 1 rings (SSSR count). The smallest absolute Gasteiger partial charge is 0.308 e. The predicted molar refractivity (Wildman–Crippen MR) is 79.6 cm³/mol. The fraction of sp³-hybridized carbons (Fsp3) is 0.857. The van der Waals surface area contributed by atoms with Gasteiger partial charge in [0.25, 0.3) is 0 Å². The molecule has 1 aliphatic rings. The number of carbonyl (C=O) groups excluding carboxylic acids is 1. The van der Waals surface area contributed by atoms with E-state index in [9.17, 15) is 18.0 Å². The Hall–Kier alpha value is -1.11. The molecule has 0 aromatic rings. The van der Waals surface area contributed by atoms with E-state index in [0.717, 1.165) is 6.26 Å². The fourth-order valence-corrected chi connectivity index (χ4v) is 4.37. The Balaban J connectivity index is 2.77. The lowest BCUT2D eigenvalue weighted by Gasteiger charge is -2.26. The average molecular weight is 319 g/mol. The minimum absolute atomic E-state index is 0.0242. The lowest BCUT2D eigenvalue weighted by atomic mass is 9.96. The van der Waals surface area contributed by atoms with Crippen molar-refractivity contribution in [3.8, 4) is 0 Å². The molecule has 0 spiro atoms. The summed E-state index contributed by atoms with van der Waals surface area (Å²) >= 11 is 0. The molecule has 0 aromatic heterocycles. The van der Waals surface area contributed by atoms with Crippen LogP contribution in [0.4, 0.5) is 0 Å². The standard InChI is InChI=1S/C14H25NO5S/c1-10(2)8-11(12(16)17)9-15-13(18)14(21(3,19)20)6-4-5-7-14/h10-11H,4-9H2,1-3H3,(H,15,18)(H,16,17). The number of rotatable bonds is 7. The third-order valence-electron chi connectivity index (χ3n) is 4.15. The highest BCUT2D eigenvalue weighted by Gasteiger charge is 2.49. The maximum atomic E-state index is 12.3. The Bertz CT molecular complexity index is 491. The van der Waals surface area contributed by atoms with E-state index in [1.165, 1.54) is 0 Å². The molecule has 1 fully saturated rings. The largest absolute Gasteiger partial charge is 0.481 e. The Kier molecular flexibility index (Phi) is 5.78. The fourth-order valence-electron chi connectivity index (χ4n) is 2.93. The van der Waals surface area contributed by atoms with E-state index in [4.69, 9.17) is 5.11 Å². The number of amides is 1. The van der Waals surface area contributed by atoms with E-state index < -0.39 is 32.4 Å². The van der Waals surface area contributed by atoms with Crippen LogP contribution in [0.3, 0.4) is 0 Å². The zero-order valence-electron chi connectivity index (χ0n) is 12.9. The number of hydrogen-bond acceptors (Lipinski definition) is 4.